The molecule has 1 fully saturated rings. The van der Waals surface area contributed by atoms with Crippen molar-refractivity contribution in [2.45, 2.75) is 32.4 Å². The van der Waals surface area contributed by atoms with Crippen molar-refractivity contribution < 1.29 is 13.9 Å². The van der Waals surface area contributed by atoms with Crippen LogP contribution in [0.2, 0.25) is 0 Å². The zero-order chi connectivity index (χ0) is 22.5. The van der Waals surface area contributed by atoms with Gasteiger partial charge in [0, 0.05) is 36.9 Å². The topological polar surface area (TPSA) is 32.8 Å². The number of ether oxygens (including phenoxy) is 1. The molecule has 5 heteroatoms. The van der Waals surface area contributed by atoms with Crippen LogP contribution in [0, 0.1) is 12.7 Å². The molecule has 0 atom stereocenters. The molecule has 1 heterocycles. The van der Waals surface area contributed by atoms with Gasteiger partial charge in [0.05, 0.1) is 7.11 Å². The number of carbonyl (C=O) groups is 1. The highest BCUT2D eigenvalue weighted by Gasteiger charge is 2.30. The number of hydrogen-bond acceptors (Lipinski definition) is 3. The Kier molecular flexibility index (Phi) is 6.86. The fourth-order valence-corrected chi connectivity index (χ4v) is 4.26. The molecule has 0 radical (unpaired) electrons. The SMILES string of the molecule is COc1ccc(CN2CCC(N(C(=O)c3ccc(C)cc3)c3ccc(F)cc3)CC2)cc1. The number of methoxy groups -OCH3 is 1. The van der Waals surface area contributed by atoms with Gasteiger partial charge in [0.15, 0.2) is 0 Å². The maximum absolute atomic E-state index is 13.5. The number of halogens is 1. The van der Waals surface area contributed by atoms with Crippen molar-refractivity contribution >= 4 is 11.6 Å². The maximum Gasteiger partial charge on any atom is 0.258 e. The Morgan fingerprint density at radius 1 is 0.969 bits per heavy atom. The average molecular weight is 433 g/mol. The summed E-state index contributed by atoms with van der Waals surface area (Å²) < 4.78 is 18.8. The molecule has 0 spiro atoms. The third-order valence-corrected chi connectivity index (χ3v) is 6.11. The Balaban J connectivity index is 1.48. The monoisotopic (exact) mass is 432 g/mol. The Labute approximate surface area is 189 Å². The second-order valence-corrected chi connectivity index (χ2v) is 8.37. The first-order valence-electron chi connectivity index (χ1n) is 11.0. The predicted molar refractivity (Wildman–Crippen MR) is 126 cm³/mol. The van der Waals surface area contributed by atoms with E-state index in [0.29, 0.717) is 5.56 Å². The minimum atomic E-state index is -0.300. The van der Waals surface area contributed by atoms with Crippen LogP contribution < -0.4 is 9.64 Å². The van der Waals surface area contributed by atoms with Crippen molar-refractivity contribution in [3.05, 3.63) is 95.3 Å². The lowest BCUT2D eigenvalue weighted by Gasteiger charge is -2.38. The molecule has 4 rings (SSSR count). The number of likely N-dealkylation sites (tertiary alicyclic amines) is 1. The molecule has 3 aromatic carbocycles. The van der Waals surface area contributed by atoms with Gasteiger partial charge in [0.25, 0.3) is 5.91 Å². The molecule has 0 saturated carbocycles. The van der Waals surface area contributed by atoms with Gasteiger partial charge in [-0.05, 0) is 73.9 Å². The lowest BCUT2D eigenvalue weighted by Crippen LogP contribution is -2.47. The highest BCUT2D eigenvalue weighted by molar-refractivity contribution is 6.06. The first-order valence-corrected chi connectivity index (χ1v) is 11.0. The third kappa shape index (κ3) is 5.17. The number of piperidine rings is 1. The first-order chi connectivity index (χ1) is 15.5. The summed E-state index contributed by atoms with van der Waals surface area (Å²) in [5.41, 5.74) is 3.75. The lowest BCUT2D eigenvalue weighted by atomic mass is 10.00. The number of benzene rings is 3. The van der Waals surface area contributed by atoms with Crippen molar-refractivity contribution in [3.8, 4) is 5.75 Å². The van der Waals surface area contributed by atoms with Gasteiger partial charge in [-0.15, -0.1) is 0 Å². The van der Waals surface area contributed by atoms with E-state index in [1.165, 1.54) is 17.7 Å². The van der Waals surface area contributed by atoms with Gasteiger partial charge < -0.3 is 9.64 Å². The van der Waals surface area contributed by atoms with Gasteiger partial charge in [-0.3, -0.25) is 9.69 Å². The normalized spacial score (nSPS) is 14.8. The van der Waals surface area contributed by atoms with Crippen LogP contribution in [0.1, 0.15) is 34.3 Å². The summed E-state index contributed by atoms with van der Waals surface area (Å²) >= 11 is 0. The standard InChI is InChI=1S/C27H29FN2O2/c1-20-3-7-22(8-4-20)27(31)30(24-11-9-23(28)10-12-24)25-15-17-29(18-16-25)19-21-5-13-26(32-2)14-6-21/h3-14,25H,15-19H2,1-2H3. The van der Waals surface area contributed by atoms with Crippen molar-refractivity contribution in [1.29, 1.82) is 0 Å². The highest BCUT2D eigenvalue weighted by atomic mass is 19.1. The number of anilines is 1. The molecule has 1 aliphatic heterocycles. The molecule has 0 bridgehead atoms. The average Bonchev–Trinajstić information content (AvgIpc) is 2.82. The van der Waals surface area contributed by atoms with Crippen LogP contribution in [0.3, 0.4) is 0 Å². The fraction of sp³-hybridized carbons (Fsp3) is 0.296. The van der Waals surface area contributed by atoms with Crippen LogP contribution in [-0.4, -0.2) is 37.0 Å². The van der Waals surface area contributed by atoms with Gasteiger partial charge in [-0.25, -0.2) is 4.39 Å². The number of rotatable bonds is 6. The van der Waals surface area contributed by atoms with E-state index >= 15 is 0 Å². The van der Waals surface area contributed by atoms with E-state index < -0.39 is 0 Å². The van der Waals surface area contributed by atoms with Crippen LogP contribution in [-0.2, 0) is 6.54 Å². The van der Waals surface area contributed by atoms with E-state index in [9.17, 15) is 9.18 Å². The van der Waals surface area contributed by atoms with E-state index in [0.717, 1.165) is 49.5 Å². The summed E-state index contributed by atoms with van der Waals surface area (Å²) in [6, 6.07) is 22.1. The Bertz CT molecular complexity index is 1020. The summed E-state index contributed by atoms with van der Waals surface area (Å²) in [7, 11) is 1.67. The summed E-state index contributed by atoms with van der Waals surface area (Å²) in [5.74, 6) is 0.521. The fourth-order valence-electron chi connectivity index (χ4n) is 4.26. The minimum Gasteiger partial charge on any atom is -0.497 e. The molecule has 1 aliphatic rings. The number of hydrogen-bond donors (Lipinski definition) is 0. The molecule has 166 valence electrons. The molecule has 0 aliphatic carbocycles. The van der Waals surface area contributed by atoms with E-state index in [1.54, 1.807) is 19.2 Å². The van der Waals surface area contributed by atoms with E-state index in [-0.39, 0.29) is 17.8 Å². The molecule has 4 nitrogen and oxygen atoms in total. The molecule has 32 heavy (non-hydrogen) atoms. The molecule has 0 N–H and O–H groups in total. The second kappa shape index (κ2) is 9.96. The second-order valence-electron chi connectivity index (χ2n) is 8.37. The predicted octanol–water partition coefficient (Wildman–Crippen LogP) is 5.45. The lowest BCUT2D eigenvalue weighted by molar-refractivity contribution is 0.0958. The summed E-state index contributed by atoms with van der Waals surface area (Å²) in [5, 5.41) is 0. The van der Waals surface area contributed by atoms with Gasteiger partial charge in [0.2, 0.25) is 0 Å². The van der Waals surface area contributed by atoms with Gasteiger partial charge in [-0.1, -0.05) is 29.8 Å². The van der Waals surface area contributed by atoms with Crippen molar-refractivity contribution in [1.82, 2.24) is 4.90 Å². The Hall–Kier alpha value is -3.18. The van der Waals surface area contributed by atoms with Crippen molar-refractivity contribution in [3.63, 3.8) is 0 Å². The van der Waals surface area contributed by atoms with Crippen LogP contribution >= 0.6 is 0 Å². The zero-order valence-corrected chi connectivity index (χ0v) is 18.6. The van der Waals surface area contributed by atoms with Crippen LogP contribution in [0.25, 0.3) is 0 Å². The summed E-state index contributed by atoms with van der Waals surface area (Å²) in [6.07, 6.45) is 1.73. The van der Waals surface area contributed by atoms with E-state index in [1.807, 2.05) is 48.2 Å². The quantitative estimate of drug-likeness (QED) is 0.519. The Morgan fingerprint density at radius 3 is 2.19 bits per heavy atom. The highest BCUT2D eigenvalue weighted by Crippen LogP contribution is 2.27. The van der Waals surface area contributed by atoms with Crippen LogP contribution in [0.5, 0.6) is 5.75 Å². The molecule has 1 saturated heterocycles. The van der Waals surface area contributed by atoms with Gasteiger partial charge >= 0.3 is 0 Å². The largest absolute Gasteiger partial charge is 0.497 e. The van der Waals surface area contributed by atoms with Gasteiger partial charge in [-0.2, -0.15) is 0 Å². The zero-order valence-electron chi connectivity index (χ0n) is 18.6. The van der Waals surface area contributed by atoms with Crippen LogP contribution in [0.4, 0.5) is 10.1 Å². The Morgan fingerprint density at radius 2 is 1.59 bits per heavy atom. The van der Waals surface area contributed by atoms with E-state index in [2.05, 4.69) is 17.0 Å². The molecule has 0 unspecified atom stereocenters. The van der Waals surface area contributed by atoms with E-state index in [4.69, 9.17) is 4.74 Å². The maximum atomic E-state index is 13.5. The molecule has 1 amide bonds. The van der Waals surface area contributed by atoms with Crippen molar-refractivity contribution in [2.75, 3.05) is 25.1 Å². The summed E-state index contributed by atoms with van der Waals surface area (Å²) in [6.45, 7) is 4.68. The third-order valence-electron chi connectivity index (χ3n) is 6.11. The van der Waals surface area contributed by atoms with Crippen LogP contribution in [0.15, 0.2) is 72.8 Å². The number of nitrogens with zero attached hydrogens (tertiary/aromatic N) is 2. The van der Waals surface area contributed by atoms with Crippen molar-refractivity contribution in [2.24, 2.45) is 0 Å². The number of carbonyl (C=O) groups excluding carboxylic acids is 1. The first kappa shape index (κ1) is 22.0. The molecular formula is C27H29FN2O2. The number of aryl methyl sites for hydroxylation is 1. The summed E-state index contributed by atoms with van der Waals surface area (Å²) in [4.78, 5) is 17.8. The van der Waals surface area contributed by atoms with Gasteiger partial charge in [0.1, 0.15) is 11.6 Å². The smallest absolute Gasteiger partial charge is 0.258 e. The number of amides is 1. The molecular weight excluding hydrogens is 403 g/mol. The molecule has 0 aromatic heterocycles. The minimum absolute atomic E-state index is 0.0368. The molecule has 3 aromatic rings.